The zero-order valence-electron chi connectivity index (χ0n) is 12.2. The van der Waals surface area contributed by atoms with E-state index in [1.807, 2.05) is 6.92 Å². The molecule has 4 heterocycles. The predicted octanol–water partition coefficient (Wildman–Crippen LogP) is 1.31. The van der Waals surface area contributed by atoms with Gasteiger partial charge in [-0.1, -0.05) is 5.16 Å². The summed E-state index contributed by atoms with van der Waals surface area (Å²) >= 11 is 0. The van der Waals surface area contributed by atoms with Crippen molar-refractivity contribution in [1.29, 1.82) is 0 Å². The van der Waals surface area contributed by atoms with Gasteiger partial charge in [0.15, 0.2) is 0 Å². The molecule has 1 spiro atoms. The van der Waals surface area contributed by atoms with Gasteiger partial charge >= 0.3 is 0 Å². The van der Waals surface area contributed by atoms with Gasteiger partial charge in [0.05, 0.1) is 24.9 Å². The minimum absolute atomic E-state index is 0.130. The molecule has 21 heavy (non-hydrogen) atoms. The van der Waals surface area contributed by atoms with Gasteiger partial charge in [-0.05, 0) is 13.8 Å². The lowest BCUT2D eigenvalue weighted by Crippen LogP contribution is -2.55. The van der Waals surface area contributed by atoms with Crippen molar-refractivity contribution in [3.63, 3.8) is 0 Å². The number of aromatic nitrogens is 3. The Kier molecular flexibility index (Phi) is 2.87. The number of nitrogens with zero attached hydrogens (tertiary/aromatic N) is 4. The second-order valence-corrected chi connectivity index (χ2v) is 5.94. The van der Waals surface area contributed by atoms with Gasteiger partial charge in [-0.15, -0.1) is 0 Å². The normalized spacial score (nSPS) is 29.6. The highest BCUT2D eigenvalue weighted by atomic mass is 16.6. The van der Waals surface area contributed by atoms with E-state index < -0.39 is 0 Å². The van der Waals surface area contributed by atoms with E-state index >= 15 is 0 Å². The smallest absolute Gasteiger partial charge is 0.263 e. The Morgan fingerprint density at radius 2 is 2.29 bits per heavy atom. The van der Waals surface area contributed by atoms with Crippen LogP contribution in [0.5, 0.6) is 0 Å². The molecule has 7 nitrogen and oxygen atoms in total. The first kappa shape index (κ1) is 13.0. The lowest BCUT2D eigenvalue weighted by atomic mass is 9.99. The van der Waals surface area contributed by atoms with Gasteiger partial charge in [-0.3, -0.25) is 0 Å². The third-order valence-electron chi connectivity index (χ3n) is 4.20. The Morgan fingerprint density at radius 1 is 1.38 bits per heavy atom. The van der Waals surface area contributed by atoms with Crippen LogP contribution >= 0.6 is 0 Å². The maximum atomic E-state index is 6.16. The second kappa shape index (κ2) is 4.64. The predicted molar refractivity (Wildman–Crippen MR) is 75.3 cm³/mol. The summed E-state index contributed by atoms with van der Waals surface area (Å²) in [5.74, 6) is 0.875. The van der Waals surface area contributed by atoms with Crippen molar-refractivity contribution in [3.8, 4) is 0 Å². The Bertz CT molecular complexity index is 665. The number of morpholine rings is 1. The minimum atomic E-state index is -0.222. The second-order valence-electron chi connectivity index (χ2n) is 5.94. The number of ether oxygens (including phenoxy) is 2. The van der Waals surface area contributed by atoms with E-state index in [4.69, 9.17) is 14.0 Å². The topological polar surface area (TPSA) is 73.5 Å². The van der Waals surface area contributed by atoms with Crippen LogP contribution in [0.3, 0.4) is 0 Å². The van der Waals surface area contributed by atoms with Crippen LogP contribution in [-0.4, -0.2) is 53.1 Å². The summed E-state index contributed by atoms with van der Waals surface area (Å²) in [4.78, 5) is 10.9. The van der Waals surface area contributed by atoms with E-state index in [-0.39, 0.29) is 11.7 Å². The first-order valence-electron chi connectivity index (χ1n) is 7.24. The zero-order valence-corrected chi connectivity index (χ0v) is 12.2. The van der Waals surface area contributed by atoms with Gasteiger partial charge in [0.2, 0.25) is 0 Å². The number of fused-ring (bicyclic) bond motifs is 1. The van der Waals surface area contributed by atoms with Crippen molar-refractivity contribution in [2.45, 2.75) is 32.0 Å². The van der Waals surface area contributed by atoms with Crippen molar-refractivity contribution in [3.05, 3.63) is 12.0 Å². The van der Waals surface area contributed by atoms with E-state index in [0.29, 0.717) is 12.3 Å². The summed E-state index contributed by atoms with van der Waals surface area (Å²) in [6.45, 7) is 6.96. The highest BCUT2D eigenvalue weighted by molar-refractivity contribution is 5.87. The molecule has 2 aromatic rings. The van der Waals surface area contributed by atoms with E-state index in [1.165, 1.54) is 6.33 Å². The summed E-state index contributed by atoms with van der Waals surface area (Å²) < 4.78 is 17.0. The summed E-state index contributed by atoms with van der Waals surface area (Å²) in [5, 5.41) is 4.89. The molecule has 0 saturated carbocycles. The number of hydrogen-bond acceptors (Lipinski definition) is 7. The van der Waals surface area contributed by atoms with Crippen LogP contribution in [0.25, 0.3) is 11.1 Å². The lowest BCUT2D eigenvalue weighted by Gasteiger charge is -2.43. The van der Waals surface area contributed by atoms with Gasteiger partial charge in [-0.2, -0.15) is 4.98 Å². The molecule has 2 fully saturated rings. The van der Waals surface area contributed by atoms with Crippen molar-refractivity contribution in [1.82, 2.24) is 15.1 Å². The molecule has 2 saturated heterocycles. The van der Waals surface area contributed by atoms with Crippen molar-refractivity contribution in [2.75, 3.05) is 31.2 Å². The van der Waals surface area contributed by atoms with Crippen LogP contribution in [0.15, 0.2) is 10.9 Å². The Balaban J connectivity index is 1.75. The fourth-order valence-corrected chi connectivity index (χ4v) is 3.34. The largest absolute Gasteiger partial charge is 0.378 e. The standard InChI is InChI=1S/C14H18N4O3/c1-9-5-18(6-14(20-9)3-4-19-7-14)12-11-10(2)17-21-13(11)16-8-15-12/h8-9H,3-7H2,1-2H3/t9-,14-/m1/s1. The Morgan fingerprint density at radius 3 is 3.10 bits per heavy atom. The van der Waals surface area contributed by atoms with Crippen LogP contribution in [0.4, 0.5) is 5.82 Å². The lowest BCUT2D eigenvalue weighted by molar-refractivity contribution is -0.0990. The minimum Gasteiger partial charge on any atom is -0.378 e. The molecule has 0 unspecified atom stereocenters. The molecule has 0 aromatic carbocycles. The zero-order chi connectivity index (χ0) is 14.4. The fraction of sp³-hybridized carbons (Fsp3) is 0.643. The molecule has 0 aliphatic carbocycles. The van der Waals surface area contributed by atoms with Gasteiger partial charge < -0.3 is 18.9 Å². The molecular weight excluding hydrogens is 272 g/mol. The summed E-state index contributed by atoms with van der Waals surface area (Å²) in [6, 6.07) is 0. The Hall–Kier alpha value is -1.73. The molecule has 4 rings (SSSR count). The molecule has 2 aliphatic rings. The van der Waals surface area contributed by atoms with Crippen LogP contribution in [0.2, 0.25) is 0 Å². The Labute approximate surface area is 122 Å². The molecule has 0 radical (unpaired) electrons. The molecule has 0 bridgehead atoms. The summed E-state index contributed by atoms with van der Waals surface area (Å²) in [5.41, 5.74) is 1.13. The van der Waals surface area contributed by atoms with E-state index in [9.17, 15) is 0 Å². The molecule has 112 valence electrons. The first-order chi connectivity index (χ1) is 10.2. The molecule has 0 amide bonds. The van der Waals surface area contributed by atoms with Gasteiger partial charge in [-0.25, -0.2) is 4.98 Å². The van der Waals surface area contributed by atoms with Gasteiger partial charge in [0, 0.05) is 19.6 Å². The van der Waals surface area contributed by atoms with Crippen LogP contribution in [0.1, 0.15) is 19.0 Å². The molecule has 0 N–H and O–H groups in total. The maximum absolute atomic E-state index is 6.16. The van der Waals surface area contributed by atoms with Gasteiger partial charge in [0.25, 0.3) is 5.71 Å². The number of hydrogen-bond donors (Lipinski definition) is 0. The summed E-state index contributed by atoms with van der Waals surface area (Å²) in [6.07, 6.45) is 2.58. The molecule has 2 aliphatic heterocycles. The number of anilines is 1. The highest BCUT2D eigenvalue weighted by Gasteiger charge is 2.43. The molecule has 2 atom stereocenters. The fourth-order valence-electron chi connectivity index (χ4n) is 3.34. The molecule has 7 heteroatoms. The van der Waals surface area contributed by atoms with E-state index in [0.717, 1.165) is 43.0 Å². The van der Waals surface area contributed by atoms with E-state index in [1.54, 1.807) is 0 Å². The molecular formula is C14H18N4O3. The average Bonchev–Trinajstić information content (AvgIpc) is 3.06. The molecule has 2 aromatic heterocycles. The monoisotopic (exact) mass is 290 g/mol. The van der Waals surface area contributed by atoms with E-state index in [2.05, 4.69) is 26.9 Å². The summed E-state index contributed by atoms with van der Waals surface area (Å²) in [7, 11) is 0. The van der Waals surface area contributed by atoms with Crippen LogP contribution in [-0.2, 0) is 9.47 Å². The first-order valence-corrected chi connectivity index (χ1v) is 7.24. The van der Waals surface area contributed by atoms with Crippen molar-refractivity contribution >= 4 is 16.9 Å². The average molecular weight is 290 g/mol. The number of aryl methyl sites for hydroxylation is 1. The van der Waals surface area contributed by atoms with Crippen LogP contribution < -0.4 is 4.90 Å². The third kappa shape index (κ3) is 2.08. The SMILES string of the molecule is Cc1noc2ncnc(N3C[C@@H](C)O[C@]4(CCOC4)C3)c12. The van der Waals surface area contributed by atoms with Crippen LogP contribution in [0, 0.1) is 6.92 Å². The van der Waals surface area contributed by atoms with Crippen molar-refractivity contribution in [2.24, 2.45) is 0 Å². The van der Waals surface area contributed by atoms with Crippen molar-refractivity contribution < 1.29 is 14.0 Å². The quantitative estimate of drug-likeness (QED) is 0.784. The highest BCUT2D eigenvalue weighted by Crippen LogP contribution is 2.34. The maximum Gasteiger partial charge on any atom is 0.263 e. The third-order valence-corrected chi connectivity index (χ3v) is 4.20. The number of rotatable bonds is 1. The van der Waals surface area contributed by atoms with Gasteiger partial charge in [0.1, 0.15) is 23.1 Å².